The lowest BCUT2D eigenvalue weighted by Crippen LogP contribution is -2.20. The highest BCUT2D eigenvalue weighted by Gasteiger charge is 2.37. The Hall–Kier alpha value is -0.790. The molecule has 2 unspecified atom stereocenters. The number of aliphatic hydroxyl groups excluding tert-OH is 1. The van der Waals surface area contributed by atoms with Crippen molar-refractivity contribution in [2.75, 3.05) is 17.2 Å². The predicted octanol–water partition coefficient (Wildman–Crippen LogP) is -0.0862. The zero-order chi connectivity index (χ0) is 11.8. The minimum absolute atomic E-state index is 0.000591. The van der Waals surface area contributed by atoms with Gasteiger partial charge in [0.05, 0.1) is 34.7 Å². The summed E-state index contributed by atoms with van der Waals surface area (Å²) in [5.74, 6) is -0.156. The zero-order valence-electron chi connectivity index (χ0n) is 8.41. The number of hydrogen-bond donors (Lipinski definition) is 2. The Bertz CT molecular complexity index is 489. The zero-order valence-corrected chi connectivity index (χ0v) is 10.0. The van der Waals surface area contributed by atoms with E-state index in [1.807, 2.05) is 0 Å². The summed E-state index contributed by atoms with van der Waals surface area (Å²) in [6.07, 6.45) is 2.29. The van der Waals surface area contributed by atoms with E-state index >= 15 is 0 Å². The quantitative estimate of drug-likeness (QED) is 0.772. The van der Waals surface area contributed by atoms with E-state index in [4.69, 9.17) is 5.73 Å². The molecule has 1 aromatic rings. The van der Waals surface area contributed by atoms with Crippen LogP contribution in [0.3, 0.4) is 0 Å². The molecule has 2 heterocycles. The van der Waals surface area contributed by atoms with Crippen LogP contribution in [0.2, 0.25) is 0 Å². The standard InChI is InChI=1S/C9H12N2O3S2/c10-6-3-11-2-1-8(6)15-9-5-16(13,14)4-7(9)12/h1-3,7,9,12H,4-5,10H2. The van der Waals surface area contributed by atoms with Gasteiger partial charge in [0, 0.05) is 11.1 Å². The fraction of sp³-hybridized carbons (Fsp3) is 0.444. The number of sulfone groups is 1. The number of thioether (sulfide) groups is 1. The number of aliphatic hydroxyl groups is 1. The molecule has 3 N–H and O–H groups in total. The molecule has 7 heteroatoms. The van der Waals surface area contributed by atoms with Crippen molar-refractivity contribution in [2.45, 2.75) is 16.2 Å². The van der Waals surface area contributed by atoms with Crippen molar-refractivity contribution >= 4 is 27.3 Å². The van der Waals surface area contributed by atoms with Gasteiger partial charge in [-0.1, -0.05) is 0 Å². The molecule has 0 radical (unpaired) electrons. The fourth-order valence-electron chi connectivity index (χ4n) is 1.57. The number of aromatic nitrogens is 1. The molecule has 0 aromatic carbocycles. The summed E-state index contributed by atoms with van der Waals surface area (Å²) in [5, 5.41) is 9.28. The minimum Gasteiger partial charge on any atom is -0.397 e. The smallest absolute Gasteiger partial charge is 0.154 e. The van der Waals surface area contributed by atoms with Crippen LogP contribution in [0, 0.1) is 0 Å². The van der Waals surface area contributed by atoms with Gasteiger partial charge in [0.1, 0.15) is 0 Å². The molecule has 1 fully saturated rings. The fourth-order valence-corrected chi connectivity index (χ4v) is 5.11. The molecule has 0 bridgehead atoms. The van der Waals surface area contributed by atoms with Gasteiger partial charge in [-0.2, -0.15) is 0 Å². The number of nitrogens with zero attached hydrogens (tertiary/aromatic N) is 1. The molecule has 0 saturated carbocycles. The summed E-state index contributed by atoms with van der Waals surface area (Å²) in [7, 11) is -3.10. The third-order valence-corrected chi connectivity index (χ3v) is 5.70. The number of rotatable bonds is 2. The van der Waals surface area contributed by atoms with Crippen molar-refractivity contribution in [1.82, 2.24) is 4.98 Å². The first kappa shape index (κ1) is 11.7. The first-order chi connectivity index (χ1) is 7.48. The second-order valence-electron chi connectivity index (χ2n) is 3.71. The van der Waals surface area contributed by atoms with Crippen molar-refractivity contribution in [3.8, 4) is 0 Å². The third-order valence-electron chi connectivity index (χ3n) is 2.36. The number of nitrogen functional groups attached to an aromatic ring is 1. The molecule has 1 aromatic heterocycles. The Morgan fingerprint density at radius 2 is 2.25 bits per heavy atom. The van der Waals surface area contributed by atoms with Crippen LogP contribution < -0.4 is 5.73 Å². The van der Waals surface area contributed by atoms with Crippen molar-refractivity contribution in [1.29, 1.82) is 0 Å². The number of pyridine rings is 1. The predicted molar refractivity (Wildman–Crippen MR) is 63.0 cm³/mol. The molecule has 1 saturated heterocycles. The molecule has 88 valence electrons. The van der Waals surface area contributed by atoms with E-state index in [0.29, 0.717) is 5.69 Å². The topological polar surface area (TPSA) is 93.3 Å². The first-order valence-electron chi connectivity index (χ1n) is 4.72. The lowest BCUT2D eigenvalue weighted by atomic mass is 10.3. The van der Waals surface area contributed by atoms with Crippen LogP contribution in [0.5, 0.6) is 0 Å². The molecule has 0 aliphatic carbocycles. The number of nitrogens with two attached hydrogens (primary N) is 1. The van der Waals surface area contributed by atoms with Gasteiger partial charge in [0.2, 0.25) is 0 Å². The summed E-state index contributed by atoms with van der Waals surface area (Å²) >= 11 is 1.29. The van der Waals surface area contributed by atoms with Gasteiger partial charge in [-0.25, -0.2) is 8.42 Å². The van der Waals surface area contributed by atoms with Gasteiger partial charge < -0.3 is 10.8 Å². The van der Waals surface area contributed by atoms with Crippen LogP contribution in [0.15, 0.2) is 23.4 Å². The Morgan fingerprint density at radius 3 is 2.81 bits per heavy atom. The average molecular weight is 260 g/mol. The molecule has 16 heavy (non-hydrogen) atoms. The van der Waals surface area contributed by atoms with Crippen LogP contribution in [0.25, 0.3) is 0 Å². The SMILES string of the molecule is Nc1cnccc1SC1CS(=O)(=O)CC1O. The van der Waals surface area contributed by atoms with Crippen molar-refractivity contribution in [3.63, 3.8) is 0 Å². The molecule has 1 aliphatic heterocycles. The van der Waals surface area contributed by atoms with E-state index in [1.165, 1.54) is 18.0 Å². The molecule has 5 nitrogen and oxygen atoms in total. The molecule has 0 amide bonds. The Balaban J connectivity index is 2.15. The summed E-state index contributed by atoms with van der Waals surface area (Å²) < 4.78 is 22.6. The monoisotopic (exact) mass is 260 g/mol. The maximum Gasteiger partial charge on any atom is 0.154 e. The molecular formula is C9H12N2O3S2. The van der Waals surface area contributed by atoms with E-state index < -0.39 is 15.9 Å². The van der Waals surface area contributed by atoms with Gasteiger partial charge in [-0.3, -0.25) is 4.98 Å². The second kappa shape index (κ2) is 4.23. The normalized spacial score (nSPS) is 28.1. The summed E-state index contributed by atoms with van der Waals surface area (Å²) in [4.78, 5) is 4.61. The van der Waals surface area contributed by atoms with Crippen molar-refractivity contribution in [3.05, 3.63) is 18.5 Å². The maximum atomic E-state index is 11.3. The van der Waals surface area contributed by atoms with E-state index in [9.17, 15) is 13.5 Å². The van der Waals surface area contributed by atoms with Crippen LogP contribution in [-0.2, 0) is 9.84 Å². The molecule has 0 spiro atoms. The average Bonchev–Trinajstić information content (AvgIpc) is 2.44. The van der Waals surface area contributed by atoms with E-state index in [0.717, 1.165) is 4.90 Å². The highest BCUT2D eigenvalue weighted by Crippen LogP contribution is 2.33. The molecule has 1 aliphatic rings. The molecule has 2 atom stereocenters. The number of anilines is 1. The Morgan fingerprint density at radius 1 is 1.50 bits per heavy atom. The van der Waals surface area contributed by atoms with Gasteiger partial charge in [-0.05, 0) is 6.07 Å². The Labute approximate surface area is 98.0 Å². The van der Waals surface area contributed by atoms with Gasteiger partial charge in [0.25, 0.3) is 0 Å². The molecule has 2 rings (SSSR count). The highest BCUT2D eigenvalue weighted by molar-refractivity contribution is 8.02. The van der Waals surface area contributed by atoms with Crippen LogP contribution in [-0.4, -0.2) is 41.4 Å². The number of hydrogen-bond acceptors (Lipinski definition) is 6. The summed E-state index contributed by atoms with van der Waals surface area (Å²) in [6.45, 7) is 0. The lowest BCUT2D eigenvalue weighted by molar-refractivity contribution is 0.207. The maximum absolute atomic E-state index is 11.3. The summed E-state index contributed by atoms with van der Waals surface area (Å²) in [5.41, 5.74) is 6.20. The van der Waals surface area contributed by atoms with E-state index in [2.05, 4.69) is 4.98 Å². The van der Waals surface area contributed by atoms with Crippen molar-refractivity contribution in [2.24, 2.45) is 0 Å². The van der Waals surface area contributed by atoms with Gasteiger partial charge in [-0.15, -0.1) is 11.8 Å². The second-order valence-corrected chi connectivity index (χ2v) is 7.15. The molecular weight excluding hydrogens is 248 g/mol. The van der Waals surface area contributed by atoms with Gasteiger partial charge in [0.15, 0.2) is 9.84 Å². The van der Waals surface area contributed by atoms with E-state index in [1.54, 1.807) is 12.3 Å². The van der Waals surface area contributed by atoms with Crippen LogP contribution >= 0.6 is 11.8 Å². The lowest BCUT2D eigenvalue weighted by Gasteiger charge is -2.12. The van der Waals surface area contributed by atoms with Crippen LogP contribution in [0.1, 0.15) is 0 Å². The first-order valence-corrected chi connectivity index (χ1v) is 7.43. The minimum atomic E-state index is -3.10. The third kappa shape index (κ3) is 2.47. The van der Waals surface area contributed by atoms with Crippen LogP contribution in [0.4, 0.5) is 5.69 Å². The Kier molecular flexibility index (Phi) is 3.09. The summed E-state index contributed by atoms with van der Waals surface area (Å²) in [6, 6.07) is 1.72. The van der Waals surface area contributed by atoms with Gasteiger partial charge >= 0.3 is 0 Å². The largest absolute Gasteiger partial charge is 0.397 e. The van der Waals surface area contributed by atoms with Crippen molar-refractivity contribution < 1.29 is 13.5 Å². The van der Waals surface area contributed by atoms with E-state index in [-0.39, 0.29) is 16.8 Å². The highest BCUT2D eigenvalue weighted by atomic mass is 32.2.